The Balaban J connectivity index is 1.62. The van der Waals surface area contributed by atoms with Crippen molar-refractivity contribution < 1.29 is 14.3 Å². The fraction of sp³-hybridized carbons (Fsp3) is 0.348. The molecule has 0 aliphatic carbocycles. The summed E-state index contributed by atoms with van der Waals surface area (Å²) in [6.07, 6.45) is -0.466. The molecule has 1 heterocycles. The van der Waals surface area contributed by atoms with Crippen molar-refractivity contribution in [3.8, 4) is 0 Å². The molecule has 0 bridgehead atoms. The van der Waals surface area contributed by atoms with Crippen molar-refractivity contribution in [2.24, 2.45) is 0 Å². The second-order valence-corrected chi connectivity index (χ2v) is 9.23. The summed E-state index contributed by atoms with van der Waals surface area (Å²) < 4.78 is 6.34. The predicted molar refractivity (Wildman–Crippen MR) is 120 cm³/mol. The van der Waals surface area contributed by atoms with E-state index in [0.717, 1.165) is 20.8 Å². The van der Waals surface area contributed by atoms with E-state index in [4.69, 9.17) is 4.74 Å². The molecule has 0 aliphatic rings. The van der Waals surface area contributed by atoms with Crippen molar-refractivity contribution >= 4 is 33.6 Å². The summed E-state index contributed by atoms with van der Waals surface area (Å²) in [7, 11) is 1.79. The minimum absolute atomic E-state index is 0.0755. The van der Waals surface area contributed by atoms with Gasteiger partial charge in [0.1, 0.15) is 10.6 Å². The number of carbonyl (C=O) groups excluding carboxylic acids is 2. The molecule has 6 nitrogen and oxygen atoms in total. The molecule has 1 N–H and O–H groups in total. The molecule has 30 heavy (non-hydrogen) atoms. The first kappa shape index (κ1) is 21.8. The van der Waals surface area contributed by atoms with Crippen LogP contribution in [-0.2, 0) is 11.3 Å². The van der Waals surface area contributed by atoms with Gasteiger partial charge in [0.2, 0.25) is 0 Å². The van der Waals surface area contributed by atoms with Crippen LogP contribution in [0.15, 0.2) is 48.5 Å². The van der Waals surface area contributed by atoms with Gasteiger partial charge in [-0.25, -0.2) is 9.78 Å². The Hall–Kier alpha value is -2.93. The first-order valence-electron chi connectivity index (χ1n) is 9.82. The van der Waals surface area contributed by atoms with Gasteiger partial charge in [0.25, 0.3) is 5.91 Å². The summed E-state index contributed by atoms with van der Waals surface area (Å²) in [6.45, 7) is 7.77. The summed E-state index contributed by atoms with van der Waals surface area (Å²) in [5.74, 6) is -0.0755. The van der Waals surface area contributed by atoms with Crippen LogP contribution in [-0.4, -0.2) is 34.5 Å². The maximum absolute atomic E-state index is 12.9. The number of carbonyl (C=O) groups is 2. The maximum Gasteiger partial charge on any atom is 0.407 e. The lowest BCUT2D eigenvalue weighted by molar-refractivity contribution is 0.0523. The standard InChI is InChI=1S/C23H27N3O3S/c1-15(20-25-18-8-6-7-9-19(18)30-20)26(5)21(27)17-12-10-16(11-13-17)14-24-22(28)29-23(2,3)4/h6-13,15H,14H2,1-5H3,(H,24,28)/t15-/m0/s1. The molecule has 1 atom stereocenters. The molecule has 158 valence electrons. The number of fused-ring (bicyclic) bond motifs is 1. The largest absolute Gasteiger partial charge is 0.444 e. The highest BCUT2D eigenvalue weighted by Gasteiger charge is 2.22. The number of nitrogens with one attached hydrogen (secondary N) is 1. The molecule has 3 rings (SSSR count). The van der Waals surface area contributed by atoms with Gasteiger partial charge in [0, 0.05) is 19.2 Å². The molecule has 0 saturated carbocycles. The van der Waals surface area contributed by atoms with Gasteiger partial charge >= 0.3 is 6.09 Å². The molecular formula is C23H27N3O3S. The van der Waals surface area contributed by atoms with E-state index in [1.807, 2.05) is 64.1 Å². The molecule has 0 spiro atoms. The first-order chi connectivity index (χ1) is 14.1. The number of alkyl carbamates (subject to hydrolysis) is 1. The van der Waals surface area contributed by atoms with Gasteiger partial charge in [-0.05, 0) is 57.5 Å². The first-order valence-corrected chi connectivity index (χ1v) is 10.6. The number of ether oxygens (including phenoxy) is 1. The zero-order chi connectivity index (χ0) is 21.9. The van der Waals surface area contributed by atoms with E-state index in [1.54, 1.807) is 35.4 Å². The van der Waals surface area contributed by atoms with Gasteiger partial charge in [0.15, 0.2) is 0 Å². The van der Waals surface area contributed by atoms with Crippen molar-refractivity contribution in [3.63, 3.8) is 0 Å². The van der Waals surface area contributed by atoms with E-state index in [9.17, 15) is 9.59 Å². The molecule has 1 aromatic heterocycles. The van der Waals surface area contributed by atoms with Gasteiger partial charge in [-0.1, -0.05) is 24.3 Å². The smallest absolute Gasteiger partial charge is 0.407 e. The Kier molecular flexibility index (Phi) is 6.41. The van der Waals surface area contributed by atoms with Crippen LogP contribution in [0.2, 0.25) is 0 Å². The van der Waals surface area contributed by atoms with Crippen molar-refractivity contribution in [1.82, 2.24) is 15.2 Å². The number of para-hydroxylation sites is 1. The third kappa shape index (κ3) is 5.36. The van der Waals surface area contributed by atoms with E-state index in [-0.39, 0.29) is 11.9 Å². The molecular weight excluding hydrogens is 398 g/mol. The zero-order valence-electron chi connectivity index (χ0n) is 17.9. The minimum atomic E-state index is -0.537. The average molecular weight is 426 g/mol. The highest BCUT2D eigenvalue weighted by atomic mass is 32.1. The Morgan fingerprint density at radius 3 is 2.43 bits per heavy atom. The fourth-order valence-electron chi connectivity index (χ4n) is 2.87. The Bertz CT molecular complexity index is 1000. The van der Waals surface area contributed by atoms with Crippen LogP contribution < -0.4 is 5.32 Å². The lowest BCUT2D eigenvalue weighted by Crippen LogP contribution is -2.32. The van der Waals surface area contributed by atoms with Crippen molar-refractivity contribution in [2.45, 2.75) is 45.9 Å². The Morgan fingerprint density at radius 2 is 1.80 bits per heavy atom. The lowest BCUT2D eigenvalue weighted by Gasteiger charge is -2.23. The van der Waals surface area contributed by atoms with Crippen molar-refractivity contribution in [1.29, 1.82) is 0 Å². The molecule has 2 amide bonds. The summed E-state index contributed by atoms with van der Waals surface area (Å²) in [5.41, 5.74) is 1.89. The number of hydrogen-bond donors (Lipinski definition) is 1. The fourth-order valence-corrected chi connectivity index (χ4v) is 3.93. The number of amides is 2. The number of thiazole rings is 1. The monoisotopic (exact) mass is 425 g/mol. The minimum Gasteiger partial charge on any atom is -0.444 e. The number of aromatic nitrogens is 1. The highest BCUT2D eigenvalue weighted by Crippen LogP contribution is 2.29. The SMILES string of the molecule is C[C@@H](c1nc2ccccc2s1)N(C)C(=O)c1ccc(CNC(=O)OC(C)(C)C)cc1. The van der Waals surface area contributed by atoms with Gasteiger partial charge in [-0.3, -0.25) is 4.79 Å². The van der Waals surface area contributed by atoms with Crippen molar-refractivity contribution in [3.05, 3.63) is 64.7 Å². The van der Waals surface area contributed by atoms with Crippen LogP contribution >= 0.6 is 11.3 Å². The second-order valence-electron chi connectivity index (χ2n) is 8.16. The van der Waals surface area contributed by atoms with Gasteiger partial charge in [-0.15, -0.1) is 11.3 Å². The third-order valence-corrected chi connectivity index (χ3v) is 5.81. The van der Waals surface area contributed by atoms with E-state index in [2.05, 4.69) is 10.3 Å². The molecule has 2 aromatic carbocycles. The van der Waals surface area contributed by atoms with E-state index in [1.165, 1.54) is 0 Å². The van der Waals surface area contributed by atoms with E-state index < -0.39 is 11.7 Å². The van der Waals surface area contributed by atoms with Gasteiger partial charge < -0.3 is 15.0 Å². The summed E-state index contributed by atoms with van der Waals surface area (Å²) in [5, 5.41) is 3.62. The van der Waals surface area contributed by atoms with Crippen LogP contribution in [0.3, 0.4) is 0 Å². The molecule has 0 aliphatic heterocycles. The number of nitrogens with zero attached hydrogens (tertiary/aromatic N) is 2. The van der Waals surface area contributed by atoms with Crippen LogP contribution in [0.5, 0.6) is 0 Å². The molecule has 0 fully saturated rings. The molecule has 3 aromatic rings. The lowest BCUT2D eigenvalue weighted by atomic mass is 10.1. The van der Waals surface area contributed by atoms with Crippen molar-refractivity contribution in [2.75, 3.05) is 7.05 Å². The van der Waals surface area contributed by atoms with Crippen LogP contribution in [0, 0.1) is 0 Å². The summed E-state index contributed by atoms with van der Waals surface area (Å²) in [6, 6.07) is 15.0. The number of hydrogen-bond acceptors (Lipinski definition) is 5. The molecule has 0 radical (unpaired) electrons. The molecule has 0 unspecified atom stereocenters. The van der Waals surface area contributed by atoms with Crippen LogP contribution in [0.4, 0.5) is 4.79 Å². The van der Waals surface area contributed by atoms with Crippen LogP contribution in [0.25, 0.3) is 10.2 Å². The Labute approximate surface area is 180 Å². The van der Waals surface area contributed by atoms with E-state index in [0.29, 0.717) is 12.1 Å². The molecule has 7 heteroatoms. The highest BCUT2D eigenvalue weighted by molar-refractivity contribution is 7.18. The Morgan fingerprint density at radius 1 is 1.13 bits per heavy atom. The van der Waals surface area contributed by atoms with Gasteiger partial charge in [0.05, 0.1) is 16.3 Å². The molecule has 0 saturated heterocycles. The second kappa shape index (κ2) is 8.83. The zero-order valence-corrected chi connectivity index (χ0v) is 18.7. The predicted octanol–water partition coefficient (Wildman–Crippen LogP) is 5.15. The average Bonchev–Trinajstić information content (AvgIpc) is 3.14. The third-order valence-electron chi connectivity index (χ3n) is 4.61. The maximum atomic E-state index is 12.9. The topological polar surface area (TPSA) is 71.5 Å². The quantitative estimate of drug-likeness (QED) is 0.613. The summed E-state index contributed by atoms with van der Waals surface area (Å²) in [4.78, 5) is 31.1. The summed E-state index contributed by atoms with van der Waals surface area (Å²) >= 11 is 1.60. The van der Waals surface area contributed by atoms with Gasteiger partial charge in [-0.2, -0.15) is 0 Å². The normalized spacial score (nSPS) is 12.4. The van der Waals surface area contributed by atoms with Crippen LogP contribution in [0.1, 0.15) is 54.7 Å². The number of rotatable bonds is 5. The number of benzene rings is 2. The van der Waals surface area contributed by atoms with E-state index >= 15 is 0 Å².